The summed E-state index contributed by atoms with van der Waals surface area (Å²) >= 11 is 5.09. The number of carbonyl (C=O) groups is 1. The summed E-state index contributed by atoms with van der Waals surface area (Å²) in [4.78, 5) is 10.4. The average Bonchev–Trinajstić information content (AvgIpc) is 2.10. The number of carbonyl (C=O) groups excluding carboxylic acids is 1. The molecule has 0 spiro atoms. The first kappa shape index (κ1) is 13.8. The van der Waals surface area contributed by atoms with Crippen molar-refractivity contribution in [1.82, 2.24) is 0 Å². The Kier molecular flexibility index (Phi) is 9.16. The van der Waals surface area contributed by atoms with E-state index < -0.39 is 5.43 Å². The molecule has 0 heterocycles. The average molecular weight is 221 g/mol. The summed E-state index contributed by atoms with van der Waals surface area (Å²) in [5.41, 5.74) is -0.691. The highest BCUT2D eigenvalue weighted by molar-refractivity contribution is 6.61. The molecule has 0 saturated carbocycles. The van der Waals surface area contributed by atoms with Crippen molar-refractivity contribution in [3.05, 3.63) is 0 Å². The van der Waals surface area contributed by atoms with Crippen molar-refractivity contribution in [2.24, 2.45) is 0 Å². The molecule has 0 bridgehead atoms. The van der Waals surface area contributed by atoms with Gasteiger partial charge in [0.15, 0.2) is 0 Å². The summed E-state index contributed by atoms with van der Waals surface area (Å²) < 4.78 is 4.80. The summed E-state index contributed by atoms with van der Waals surface area (Å²) in [6.07, 6.45) is 8.44. The number of hydrogen-bond acceptors (Lipinski definition) is 2. The van der Waals surface area contributed by atoms with Crippen LogP contribution in [0.1, 0.15) is 58.8 Å². The van der Waals surface area contributed by atoms with Gasteiger partial charge in [0.05, 0.1) is 0 Å². The highest BCUT2D eigenvalue weighted by atomic mass is 35.5. The largest absolute Gasteiger partial charge is 0.451 e. The summed E-state index contributed by atoms with van der Waals surface area (Å²) in [5.74, 6) is 0. The molecule has 1 unspecified atom stereocenters. The summed E-state index contributed by atoms with van der Waals surface area (Å²) in [6, 6.07) is 0. The first-order chi connectivity index (χ1) is 6.66. The van der Waals surface area contributed by atoms with Crippen LogP contribution in [-0.4, -0.2) is 11.5 Å². The van der Waals surface area contributed by atoms with Gasteiger partial charge < -0.3 is 4.74 Å². The predicted molar refractivity (Wildman–Crippen MR) is 59.8 cm³/mol. The van der Waals surface area contributed by atoms with Crippen LogP contribution < -0.4 is 0 Å². The minimum absolute atomic E-state index is 0.0359. The van der Waals surface area contributed by atoms with E-state index in [1.165, 1.54) is 32.1 Å². The molecule has 0 saturated heterocycles. The fourth-order valence-electron chi connectivity index (χ4n) is 1.43. The maximum absolute atomic E-state index is 10.4. The zero-order valence-electron chi connectivity index (χ0n) is 9.22. The topological polar surface area (TPSA) is 26.3 Å². The molecule has 0 aliphatic rings. The number of rotatable bonds is 8. The highest BCUT2D eigenvalue weighted by Crippen LogP contribution is 2.10. The first-order valence-corrected chi connectivity index (χ1v) is 5.90. The standard InChI is InChI=1S/C11H21ClO2/c1-3-4-5-6-7-8-9-10(2)14-11(12)13/h10H,3-9H2,1-2H3. The number of hydrogen-bond donors (Lipinski definition) is 0. The Morgan fingerprint density at radius 3 is 2.36 bits per heavy atom. The Bertz CT molecular complexity index is 148. The monoisotopic (exact) mass is 220 g/mol. The zero-order chi connectivity index (χ0) is 10.8. The van der Waals surface area contributed by atoms with Crippen LogP contribution in [0.15, 0.2) is 0 Å². The molecule has 0 aromatic rings. The molecule has 0 amide bonds. The molecule has 1 atom stereocenters. The molecule has 3 heteroatoms. The smallest absolute Gasteiger partial charge is 0.404 e. The van der Waals surface area contributed by atoms with Crippen LogP contribution >= 0.6 is 11.6 Å². The fraction of sp³-hybridized carbons (Fsp3) is 0.909. The third kappa shape index (κ3) is 9.85. The molecule has 0 radical (unpaired) electrons. The molecule has 0 aliphatic carbocycles. The molecular weight excluding hydrogens is 200 g/mol. The van der Waals surface area contributed by atoms with Gasteiger partial charge in [-0.3, -0.25) is 0 Å². The van der Waals surface area contributed by atoms with Crippen LogP contribution in [0.25, 0.3) is 0 Å². The van der Waals surface area contributed by atoms with Crippen molar-refractivity contribution >= 4 is 17.0 Å². The van der Waals surface area contributed by atoms with Gasteiger partial charge in [0.25, 0.3) is 0 Å². The minimum Gasteiger partial charge on any atom is -0.451 e. The van der Waals surface area contributed by atoms with E-state index in [1.807, 2.05) is 6.92 Å². The van der Waals surface area contributed by atoms with E-state index in [0.717, 1.165) is 12.8 Å². The maximum atomic E-state index is 10.4. The van der Waals surface area contributed by atoms with Crippen LogP contribution in [0.4, 0.5) is 4.79 Å². The summed E-state index contributed by atoms with van der Waals surface area (Å²) in [6.45, 7) is 4.09. The third-order valence-electron chi connectivity index (χ3n) is 2.26. The molecule has 84 valence electrons. The molecule has 0 N–H and O–H groups in total. The van der Waals surface area contributed by atoms with Crippen molar-refractivity contribution in [3.8, 4) is 0 Å². The van der Waals surface area contributed by atoms with E-state index in [4.69, 9.17) is 16.3 Å². The Balaban J connectivity index is 3.14. The highest BCUT2D eigenvalue weighted by Gasteiger charge is 2.05. The van der Waals surface area contributed by atoms with Gasteiger partial charge in [-0.25, -0.2) is 4.79 Å². The third-order valence-corrected chi connectivity index (χ3v) is 2.35. The van der Waals surface area contributed by atoms with Gasteiger partial charge >= 0.3 is 5.43 Å². The van der Waals surface area contributed by atoms with Crippen molar-refractivity contribution in [1.29, 1.82) is 0 Å². The van der Waals surface area contributed by atoms with Crippen molar-refractivity contribution < 1.29 is 9.53 Å². The van der Waals surface area contributed by atoms with E-state index in [2.05, 4.69) is 6.92 Å². The molecular formula is C11H21ClO2. The number of halogens is 1. The van der Waals surface area contributed by atoms with Gasteiger partial charge in [0.2, 0.25) is 0 Å². The Labute approximate surface area is 92.0 Å². The molecule has 0 aromatic carbocycles. The Hall–Kier alpha value is -0.240. The Morgan fingerprint density at radius 1 is 1.21 bits per heavy atom. The lowest BCUT2D eigenvalue weighted by atomic mass is 10.1. The number of unbranched alkanes of at least 4 members (excludes halogenated alkanes) is 5. The molecule has 2 nitrogen and oxygen atoms in total. The molecule has 0 aliphatic heterocycles. The van der Waals surface area contributed by atoms with E-state index in [-0.39, 0.29) is 6.10 Å². The minimum atomic E-state index is -0.691. The van der Waals surface area contributed by atoms with Gasteiger partial charge in [-0.15, -0.1) is 0 Å². The van der Waals surface area contributed by atoms with E-state index in [1.54, 1.807) is 0 Å². The molecule has 0 fully saturated rings. The lowest BCUT2D eigenvalue weighted by molar-refractivity contribution is 0.124. The number of ether oxygens (including phenoxy) is 1. The fourth-order valence-corrected chi connectivity index (χ4v) is 1.58. The van der Waals surface area contributed by atoms with Crippen molar-refractivity contribution in [2.45, 2.75) is 64.9 Å². The van der Waals surface area contributed by atoms with Crippen molar-refractivity contribution in [2.75, 3.05) is 0 Å². The summed E-state index contributed by atoms with van der Waals surface area (Å²) in [5, 5.41) is 0. The van der Waals surface area contributed by atoms with Crippen LogP contribution in [-0.2, 0) is 4.74 Å². The van der Waals surface area contributed by atoms with Gasteiger partial charge in [0.1, 0.15) is 6.10 Å². The SMILES string of the molecule is CCCCCCCCC(C)OC(=O)Cl. The first-order valence-electron chi connectivity index (χ1n) is 5.53. The molecule has 14 heavy (non-hydrogen) atoms. The maximum Gasteiger partial charge on any atom is 0.404 e. The van der Waals surface area contributed by atoms with Gasteiger partial charge in [-0.1, -0.05) is 39.0 Å². The van der Waals surface area contributed by atoms with Gasteiger partial charge in [-0.2, -0.15) is 0 Å². The summed E-state index contributed by atoms with van der Waals surface area (Å²) in [7, 11) is 0. The zero-order valence-corrected chi connectivity index (χ0v) is 9.98. The molecule has 0 rings (SSSR count). The van der Waals surface area contributed by atoms with E-state index in [9.17, 15) is 4.79 Å². The lowest BCUT2D eigenvalue weighted by Gasteiger charge is -2.09. The van der Waals surface area contributed by atoms with Gasteiger partial charge in [0, 0.05) is 11.6 Å². The Morgan fingerprint density at radius 2 is 1.79 bits per heavy atom. The molecule has 0 aromatic heterocycles. The van der Waals surface area contributed by atoms with Crippen LogP contribution in [0, 0.1) is 0 Å². The van der Waals surface area contributed by atoms with Crippen LogP contribution in [0.5, 0.6) is 0 Å². The van der Waals surface area contributed by atoms with Crippen LogP contribution in [0.3, 0.4) is 0 Å². The van der Waals surface area contributed by atoms with Crippen LogP contribution in [0.2, 0.25) is 0 Å². The van der Waals surface area contributed by atoms with Gasteiger partial charge in [-0.05, 0) is 19.8 Å². The second kappa shape index (κ2) is 9.32. The predicted octanol–water partition coefficient (Wildman–Crippen LogP) is 4.50. The second-order valence-electron chi connectivity index (χ2n) is 3.72. The quantitative estimate of drug-likeness (QED) is 0.445. The second-order valence-corrected chi connectivity index (χ2v) is 4.03. The normalized spacial score (nSPS) is 12.5. The van der Waals surface area contributed by atoms with E-state index in [0.29, 0.717) is 0 Å². The van der Waals surface area contributed by atoms with E-state index >= 15 is 0 Å². The van der Waals surface area contributed by atoms with Crippen molar-refractivity contribution in [3.63, 3.8) is 0 Å². The lowest BCUT2D eigenvalue weighted by Crippen LogP contribution is -2.09.